The maximum absolute atomic E-state index is 5.44. The molecule has 1 nitrogen and oxygen atoms in total. The minimum absolute atomic E-state index is 0.508. The van der Waals surface area contributed by atoms with Crippen molar-refractivity contribution < 1.29 is 4.74 Å². The summed E-state index contributed by atoms with van der Waals surface area (Å²) >= 11 is 0. The van der Waals surface area contributed by atoms with E-state index < -0.39 is 0 Å². The fourth-order valence-corrected chi connectivity index (χ4v) is 2.23. The highest BCUT2D eigenvalue weighted by atomic mass is 16.5. The molecule has 11 heavy (non-hydrogen) atoms. The Labute approximate surface area is 70.1 Å². The Bertz CT molecular complexity index is 122. The van der Waals surface area contributed by atoms with Gasteiger partial charge in [0, 0.05) is 7.11 Å². The normalized spacial score (nSPS) is 45.8. The number of ether oxygens (including phenoxy) is 1. The van der Waals surface area contributed by atoms with Gasteiger partial charge in [-0.25, -0.2) is 0 Å². The lowest BCUT2D eigenvalue weighted by Gasteiger charge is -2.36. The minimum atomic E-state index is 0.508. The molecule has 0 radical (unpaired) electrons. The van der Waals surface area contributed by atoms with Crippen molar-refractivity contribution in [1.29, 1.82) is 0 Å². The van der Waals surface area contributed by atoms with Crippen LogP contribution in [0.4, 0.5) is 0 Å². The Morgan fingerprint density at radius 3 is 2.27 bits per heavy atom. The van der Waals surface area contributed by atoms with Crippen LogP contribution in [-0.2, 0) is 4.74 Å². The second-order valence-corrected chi connectivity index (χ2v) is 4.19. The molecule has 1 rings (SSSR count). The molecule has 1 saturated carbocycles. The molecule has 0 aromatic heterocycles. The highest BCUT2D eigenvalue weighted by Gasteiger charge is 2.30. The lowest BCUT2D eigenvalue weighted by molar-refractivity contribution is -0.00973. The van der Waals surface area contributed by atoms with Crippen LogP contribution in [0.5, 0.6) is 0 Å². The SMILES string of the molecule is COC1CC(C)CC(C)C1C. The number of methoxy groups -OCH3 is 1. The van der Waals surface area contributed by atoms with E-state index in [2.05, 4.69) is 20.8 Å². The monoisotopic (exact) mass is 156 g/mol. The van der Waals surface area contributed by atoms with Crippen LogP contribution in [0.15, 0.2) is 0 Å². The van der Waals surface area contributed by atoms with E-state index >= 15 is 0 Å². The molecule has 4 unspecified atom stereocenters. The first-order valence-corrected chi connectivity index (χ1v) is 4.68. The molecule has 0 heterocycles. The third-order valence-corrected chi connectivity index (χ3v) is 3.20. The van der Waals surface area contributed by atoms with Gasteiger partial charge in [-0.15, -0.1) is 0 Å². The van der Waals surface area contributed by atoms with Crippen molar-refractivity contribution in [2.45, 2.75) is 39.7 Å². The average molecular weight is 156 g/mol. The van der Waals surface area contributed by atoms with Gasteiger partial charge in [0.2, 0.25) is 0 Å². The third-order valence-electron chi connectivity index (χ3n) is 3.20. The highest BCUT2D eigenvalue weighted by molar-refractivity contribution is 4.80. The van der Waals surface area contributed by atoms with Gasteiger partial charge in [-0.3, -0.25) is 0 Å². The first-order valence-electron chi connectivity index (χ1n) is 4.68. The van der Waals surface area contributed by atoms with Crippen molar-refractivity contribution in [1.82, 2.24) is 0 Å². The molecule has 1 fully saturated rings. The third kappa shape index (κ3) is 1.96. The van der Waals surface area contributed by atoms with E-state index in [4.69, 9.17) is 4.74 Å². The molecule has 1 aliphatic carbocycles. The van der Waals surface area contributed by atoms with E-state index in [1.165, 1.54) is 12.8 Å². The van der Waals surface area contributed by atoms with Crippen molar-refractivity contribution in [3.63, 3.8) is 0 Å². The van der Waals surface area contributed by atoms with Gasteiger partial charge in [0.05, 0.1) is 6.10 Å². The molecule has 0 amide bonds. The molecule has 0 saturated heterocycles. The van der Waals surface area contributed by atoms with Crippen LogP contribution in [0.25, 0.3) is 0 Å². The van der Waals surface area contributed by atoms with E-state index in [9.17, 15) is 0 Å². The van der Waals surface area contributed by atoms with Gasteiger partial charge >= 0.3 is 0 Å². The molecule has 0 aliphatic heterocycles. The Kier molecular flexibility index (Phi) is 2.94. The van der Waals surface area contributed by atoms with Crippen molar-refractivity contribution in [3.8, 4) is 0 Å². The second kappa shape index (κ2) is 3.57. The zero-order chi connectivity index (χ0) is 8.43. The molecular weight excluding hydrogens is 136 g/mol. The Morgan fingerprint density at radius 2 is 1.73 bits per heavy atom. The van der Waals surface area contributed by atoms with Gasteiger partial charge in [0.25, 0.3) is 0 Å². The van der Waals surface area contributed by atoms with Crippen LogP contribution in [0, 0.1) is 17.8 Å². The molecule has 4 atom stereocenters. The van der Waals surface area contributed by atoms with Crippen molar-refractivity contribution >= 4 is 0 Å². The largest absolute Gasteiger partial charge is 0.381 e. The number of hydrogen-bond donors (Lipinski definition) is 0. The fraction of sp³-hybridized carbons (Fsp3) is 1.00. The van der Waals surface area contributed by atoms with E-state index in [1.54, 1.807) is 0 Å². The van der Waals surface area contributed by atoms with Gasteiger partial charge in [-0.2, -0.15) is 0 Å². The lowest BCUT2D eigenvalue weighted by atomic mass is 9.75. The summed E-state index contributed by atoms with van der Waals surface area (Å²) in [6, 6.07) is 0. The van der Waals surface area contributed by atoms with Gasteiger partial charge in [0.15, 0.2) is 0 Å². The summed E-state index contributed by atoms with van der Waals surface area (Å²) in [7, 11) is 1.84. The standard InChI is InChI=1S/C10H20O/c1-7-5-8(2)9(3)10(6-7)11-4/h7-10H,5-6H2,1-4H3. The second-order valence-electron chi connectivity index (χ2n) is 4.19. The maximum atomic E-state index is 5.44. The van der Waals surface area contributed by atoms with Crippen LogP contribution in [-0.4, -0.2) is 13.2 Å². The summed E-state index contributed by atoms with van der Waals surface area (Å²) in [5.74, 6) is 2.44. The molecule has 1 aliphatic rings. The van der Waals surface area contributed by atoms with E-state index in [-0.39, 0.29) is 0 Å². The summed E-state index contributed by atoms with van der Waals surface area (Å²) in [6.45, 7) is 6.98. The Morgan fingerprint density at radius 1 is 1.09 bits per heavy atom. The van der Waals surface area contributed by atoms with E-state index in [1.807, 2.05) is 7.11 Å². The van der Waals surface area contributed by atoms with Crippen LogP contribution >= 0.6 is 0 Å². The summed E-state index contributed by atoms with van der Waals surface area (Å²) < 4.78 is 5.44. The van der Waals surface area contributed by atoms with Crippen LogP contribution in [0.3, 0.4) is 0 Å². The number of hydrogen-bond acceptors (Lipinski definition) is 1. The summed E-state index contributed by atoms with van der Waals surface area (Å²) in [5, 5.41) is 0. The van der Waals surface area contributed by atoms with Crippen molar-refractivity contribution in [2.75, 3.05) is 7.11 Å². The predicted molar refractivity (Wildman–Crippen MR) is 47.5 cm³/mol. The molecule has 0 bridgehead atoms. The molecule has 0 spiro atoms. The highest BCUT2D eigenvalue weighted by Crippen LogP contribution is 2.34. The van der Waals surface area contributed by atoms with Crippen LogP contribution in [0.2, 0.25) is 0 Å². The van der Waals surface area contributed by atoms with Crippen molar-refractivity contribution in [2.24, 2.45) is 17.8 Å². The zero-order valence-electron chi connectivity index (χ0n) is 8.13. The van der Waals surface area contributed by atoms with Crippen molar-refractivity contribution in [3.05, 3.63) is 0 Å². The lowest BCUT2D eigenvalue weighted by Crippen LogP contribution is -2.33. The van der Waals surface area contributed by atoms with Gasteiger partial charge < -0.3 is 4.74 Å². The summed E-state index contributed by atoms with van der Waals surface area (Å²) in [5.41, 5.74) is 0. The molecular formula is C10H20O. The number of rotatable bonds is 1. The summed E-state index contributed by atoms with van der Waals surface area (Å²) in [4.78, 5) is 0. The molecule has 0 aromatic rings. The fourth-order valence-electron chi connectivity index (χ4n) is 2.23. The quantitative estimate of drug-likeness (QED) is 0.567. The molecule has 1 heteroatoms. The predicted octanol–water partition coefficient (Wildman–Crippen LogP) is 2.70. The Hall–Kier alpha value is -0.0400. The average Bonchev–Trinajstić information content (AvgIpc) is 1.96. The van der Waals surface area contributed by atoms with Crippen LogP contribution in [0.1, 0.15) is 33.6 Å². The smallest absolute Gasteiger partial charge is 0.0601 e. The van der Waals surface area contributed by atoms with E-state index in [0.717, 1.165) is 17.8 Å². The first kappa shape index (κ1) is 9.05. The van der Waals surface area contributed by atoms with Crippen LogP contribution < -0.4 is 0 Å². The van der Waals surface area contributed by atoms with Gasteiger partial charge in [-0.1, -0.05) is 20.8 Å². The maximum Gasteiger partial charge on any atom is 0.0601 e. The minimum Gasteiger partial charge on any atom is -0.381 e. The zero-order valence-corrected chi connectivity index (χ0v) is 8.13. The summed E-state index contributed by atoms with van der Waals surface area (Å²) in [6.07, 6.45) is 3.14. The van der Waals surface area contributed by atoms with Gasteiger partial charge in [-0.05, 0) is 30.6 Å². The molecule has 0 N–H and O–H groups in total. The first-order chi connectivity index (χ1) is 5.15. The van der Waals surface area contributed by atoms with E-state index in [0.29, 0.717) is 6.10 Å². The molecule has 0 aromatic carbocycles. The topological polar surface area (TPSA) is 9.23 Å². The van der Waals surface area contributed by atoms with Gasteiger partial charge in [0.1, 0.15) is 0 Å². The molecule has 66 valence electrons. The Balaban J connectivity index is 2.51.